The van der Waals surface area contributed by atoms with E-state index in [-0.39, 0.29) is 24.3 Å². The fourth-order valence-electron chi connectivity index (χ4n) is 3.18. The third-order valence-corrected chi connectivity index (χ3v) is 4.25. The van der Waals surface area contributed by atoms with Crippen molar-refractivity contribution in [3.63, 3.8) is 0 Å². The standard InChI is InChI=1S/C17H23F3N2O/c1-22(2)16(14-8-3-4-9-21-14)15(23)11-12-6-5-7-13(10-12)17(18,19)20/h5-7,10,14,16,21H,3-4,8-9,11H2,1-2H3. The van der Waals surface area contributed by atoms with Crippen LogP contribution < -0.4 is 5.32 Å². The van der Waals surface area contributed by atoms with Gasteiger partial charge in [0.05, 0.1) is 11.6 Å². The molecule has 2 atom stereocenters. The Balaban J connectivity index is 2.12. The van der Waals surface area contributed by atoms with Gasteiger partial charge in [0.15, 0.2) is 5.78 Å². The molecule has 0 spiro atoms. The summed E-state index contributed by atoms with van der Waals surface area (Å²) in [6.45, 7) is 0.881. The van der Waals surface area contributed by atoms with Gasteiger partial charge in [-0.25, -0.2) is 0 Å². The first-order valence-corrected chi connectivity index (χ1v) is 7.87. The van der Waals surface area contributed by atoms with E-state index in [9.17, 15) is 18.0 Å². The van der Waals surface area contributed by atoms with Crippen LogP contribution in [-0.4, -0.2) is 43.4 Å². The third-order valence-electron chi connectivity index (χ3n) is 4.25. The third kappa shape index (κ3) is 4.78. The minimum Gasteiger partial charge on any atom is -0.312 e. The zero-order valence-electron chi connectivity index (χ0n) is 13.5. The van der Waals surface area contributed by atoms with Gasteiger partial charge in [0.25, 0.3) is 0 Å². The van der Waals surface area contributed by atoms with E-state index in [1.54, 1.807) is 6.07 Å². The number of piperidine rings is 1. The van der Waals surface area contributed by atoms with Crippen molar-refractivity contribution >= 4 is 5.78 Å². The number of nitrogens with one attached hydrogen (secondary N) is 1. The molecule has 0 aliphatic carbocycles. The fraction of sp³-hybridized carbons (Fsp3) is 0.588. The van der Waals surface area contributed by atoms with Gasteiger partial charge in [-0.2, -0.15) is 13.2 Å². The molecule has 0 bridgehead atoms. The average Bonchev–Trinajstić information content (AvgIpc) is 2.47. The normalized spacial score (nSPS) is 20.5. The van der Waals surface area contributed by atoms with Crippen LogP contribution in [0.15, 0.2) is 24.3 Å². The van der Waals surface area contributed by atoms with Gasteiger partial charge in [-0.1, -0.05) is 24.6 Å². The van der Waals surface area contributed by atoms with E-state index in [0.717, 1.165) is 37.9 Å². The molecule has 1 aromatic carbocycles. The lowest BCUT2D eigenvalue weighted by molar-refractivity contribution is -0.137. The molecule has 2 rings (SSSR count). The molecule has 0 aromatic heterocycles. The minimum atomic E-state index is -4.38. The van der Waals surface area contributed by atoms with Crippen molar-refractivity contribution in [3.8, 4) is 0 Å². The summed E-state index contributed by atoms with van der Waals surface area (Å²) in [6.07, 6.45) is -1.29. The van der Waals surface area contributed by atoms with Crippen LogP contribution in [0.25, 0.3) is 0 Å². The molecule has 1 fully saturated rings. The number of hydrogen-bond donors (Lipinski definition) is 1. The van der Waals surface area contributed by atoms with Crippen LogP contribution >= 0.6 is 0 Å². The molecule has 6 heteroatoms. The topological polar surface area (TPSA) is 32.3 Å². The summed E-state index contributed by atoms with van der Waals surface area (Å²) in [5.41, 5.74) is -0.299. The number of nitrogens with zero attached hydrogens (tertiary/aromatic N) is 1. The van der Waals surface area contributed by atoms with Crippen molar-refractivity contribution in [2.45, 2.75) is 43.9 Å². The van der Waals surface area contributed by atoms with Crippen molar-refractivity contribution in [3.05, 3.63) is 35.4 Å². The molecule has 0 amide bonds. The monoisotopic (exact) mass is 328 g/mol. The molecule has 1 N–H and O–H groups in total. The minimum absolute atomic E-state index is 0.0188. The van der Waals surface area contributed by atoms with Gasteiger partial charge < -0.3 is 5.32 Å². The van der Waals surface area contributed by atoms with Crippen LogP contribution in [0.5, 0.6) is 0 Å². The van der Waals surface area contributed by atoms with E-state index in [1.165, 1.54) is 6.07 Å². The summed E-state index contributed by atoms with van der Waals surface area (Å²) < 4.78 is 38.3. The number of benzene rings is 1. The average molecular weight is 328 g/mol. The number of hydrogen-bond acceptors (Lipinski definition) is 3. The van der Waals surface area contributed by atoms with E-state index in [4.69, 9.17) is 0 Å². The largest absolute Gasteiger partial charge is 0.416 e. The van der Waals surface area contributed by atoms with Gasteiger partial charge in [0.1, 0.15) is 0 Å². The Morgan fingerprint density at radius 3 is 2.65 bits per heavy atom. The van der Waals surface area contributed by atoms with Crippen LogP contribution in [0.4, 0.5) is 13.2 Å². The number of ketones is 1. The van der Waals surface area contributed by atoms with Crippen molar-refractivity contribution in [1.82, 2.24) is 10.2 Å². The number of Topliss-reactive ketones (excluding diaryl/α,β-unsaturated/α-hetero) is 1. The van der Waals surface area contributed by atoms with Crippen LogP contribution in [0, 0.1) is 0 Å². The van der Waals surface area contributed by atoms with Gasteiger partial charge in [-0.15, -0.1) is 0 Å². The van der Waals surface area contributed by atoms with Crippen molar-refractivity contribution < 1.29 is 18.0 Å². The Hall–Kier alpha value is -1.40. The maximum Gasteiger partial charge on any atom is 0.416 e. The van der Waals surface area contributed by atoms with Gasteiger partial charge in [-0.05, 0) is 45.1 Å². The molecule has 2 unspecified atom stereocenters. The molecule has 0 saturated carbocycles. The fourth-order valence-corrected chi connectivity index (χ4v) is 3.18. The summed E-state index contributed by atoms with van der Waals surface area (Å²) in [5.74, 6) is -0.0475. The Morgan fingerprint density at radius 1 is 1.35 bits per heavy atom. The molecule has 23 heavy (non-hydrogen) atoms. The Kier molecular flexibility index (Phi) is 5.81. The van der Waals surface area contributed by atoms with Gasteiger partial charge in [-0.3, -0.25) is 9.69 Å². The highest BCUT2D eigenvalue weighted by Crippen LogP contribution is 2.29. The van der Waals surface area contributed by atoms with Gasteiger partial charge in [0, 0.05) is 12.5 Å². The number of alkyl halides is 3. The zero-order chi connectivity index (χ0) is 17.0. The second kappa shape index (κ2) is 7.45. The van der Waals surface area contributed by atoms with E-state index < -0.39 is 11.7 Å². The summed E-state index contributed by atoms with van der Waals surface area (Å²) in [5, 5.41) is 3.36. The molecule has 128 valence electrons. The van der Waals surface area contributed by atoms with Crippen molar-refractivity contribution in [2.75, 3.05) is 20.6 Å². The second-order valence-corrected chi connectivity index (χ2v) is 6.31. The molecule has 1 saturated heterocycles. The Morgan fingerprint density at radius 2 is 2.09 bits per heavy atom. The molecular weight excluding hydrogens is 305 g/mol. The molecule has 0 radical (unpaired) electrons. The molecule has 1 aliphatic heterocycles. The highest BCUT2D eigenvalue weighted by atomic mass is 19.4. The smallest absolute Gasteiger partial charge is 0.312 e. The predicted octanol–water partition coefficient (Wildman–Crippen LogP) is 2.89. The van der Waals surface area contributed by atoms with Crippen LogP contribution in [0.1, 0.15) is 30.4 Å². The first-order valence-electron chi connectivity index (χ1n) is 7.87. The first kappa shape index (κ1) is 17.9. The van der Waals surface area contributed by atoms with E-state index in [1.807, 2.05) is 19.0 Å². The molecule has 1 aromatic rings. The second-order valence-electron chi connectivity index (χ2n) is 6.31. The Labute approximate surface area is 134 Å². The van der Waals surface area contributed by atoms with Crippen molar-refractivity contribution in [1.29, 1.82) is 0 Å². The van der Waals surface area contributed by atoms with Crippen LogP contribution in [0.3, 0.4) is 0 Å². The van der Waals surface area contributed by atoms with Crippen LogP contribution in [0.2, 0.25) is 0 Å². The highest BCUT2D eigenvalue weighted by Gasteiger charge is 2.32. The SMILES string of the molecule is CN(C)C(C(=O)Cc1cccc(C(F)(F)F)c1)C1CCCCN1. The molecular formula is C17H23F3N2O. The van der Waals surface area contributed by atoms with E-state index in [0.29, 0.717) is 5.56 Å². The predicted molar refractivity (Wildman–Crippen MR) is 83.3 cm³/mol. The maximum absolute atomic E-state index is 12.8. The number of carbonyl (C=O) groups excluding carboxylic acids is 1. The molecule has 1 aliphatic rings. The maximum atomic E-state index is 12.8. The Bertz CT molecular complexity index is 537. The quantitative estimate of drug-likeness (QED) is 0.902. The molecule has 1 heterocycles. The van der Waals surface area contributed by atoms with Crippen molar-refractivity contribution in [2.24, 2.45) is 0 Å². The summed E-state index contributed by atoms with van der Waals surface area (Å²) >= 11 is 0. The van der Waals surface area contributed by atoms with Gasteiger partial charge >= 0.3 is 6.18 Å². The number of likely N-dealkylation sites (N-methyl/N-ethyl adjacent to an activating group) is 1. The summed E-state index contributed by atoms with van der Waals surface area (Å²) in [7, 11) is 3.68. The lowest BCUT2D eigenvalue weighted by atomic mass is 9.91. The highest BCUT2D eigenvalue weighted by molar-refractivity contribution is 5.86. The van der Waals surface area contributed by atoms with E-state index in [2.05, 4.69) is 5.32 Å². The van der Waals surface area contributed by atoms with Crippen LogP contribution in [-0.2, 0) is 17.4 Å². The lowest BCUT2D eigenvalue weighted by Gasteiger charge is -2.34. The van der Waals surface area contributed by atoms with Gasteiger partial charge in [0.2, 0.25) is 0 Å². The number of carbonyl (C=O) groups is 1. The van der Waals surface area contributed by atoms with E-state index >= 15 is 0 Å². The number of halogens is 3. The number of rotatable bonds is 5. The molecule has 3 nitrogen and oxygen atoms in total. The lowest BCUT2D eigenvalue weighted by Crippen LogP contribution is -2.53. The first-order chi connectivity index (χ1) is 10.8. The zero-order valence-corrected chi connectivity index (χ0v) is 13.5. The summed E-state index contributed by atoms with van der Waals surface area (Å²) in [4.78, 5) is 14.5. The summed E-state index contributed by atoms with van der Waals surface area (Å²) in [6, 6.07) is 4.78.